The molecule has 0 heterocycles. The highest BCUT2D eigenvalue weighted by molar-refractivity contribution is 6.31. The van der Waals surface area contributed by atoms with E-state index < -0.39 is 0 Å². The van der Waals surface area contributed by atoms with Gasteiger partial charge in [0.25, 0.3) is 0 Å². The molecule has 0 aliphatic rings. The summed E-state index contributed by atoms with van der Waals surface area (Å²) in [7, 11) is 0. The van der Waals surface area contributed by atoms with E-state index in [1.807, 2.05) is 36.4 Å². The van der Waals surface area contributed by atoms with Crippen LogP contribution in [0.5, 0.6) is 0 Å². The van der Waals surface area contributed by atoms with Crippen molar-refractivity contribution in [1.29, 1.82) is 0 Å². The smallest absolute Gasteiger partial charge is 0.0740 e. The van der Waals surface area contributed by atoms with Gasteiger partial charge in [0.15, 0.2) is 0 Å². The van der Waals surface area contributed by atoms with Crippen LogP contribution in [-0.4, -0.2) is 18.8 Å². The maximum absolute atomic E-state index is 6.08. The van der Waals surface area contributed by atoms with E-state index in [-0.39, 0.29) is 0 Å². The number of nitrogens with zero attached hydrogens (tertiary/aromatic N) is 1. The second kappa shape index (κ2) is 7.08. The molecule has 2 rings (SSSR count). The van der Waals surface area contributed by atoms with Gasteiger partial charge in [-0.15, -0.1) is 0 Å². The van der Waals surface area contributed by atoms with Crippen molar-refractivity contribution >= 4 is 23.0 Å². The number of halogens is 1. The number of nitrogens with two attached hydrogens (primary N) is 2. The Hall–Kier alpha value is -1.84. The maximum Gasteiger partial charge on any atom is 0.0740 e. The Bertz CT molecular complexity index is 594. The molecule has 0 aliphatic heterocycles. The Morgan fingerprint density at radius 1 is 1.10 bits per heavy atom. The van der Waals surface area contributed by atoms with Crippen molar-refractivity contribution in [2.24, 2.45) is 10.7 Å². The summed E-state index contributed by atoms with van der Waals surface area (Å²) in [6.45, 7) is 1.29. The lowest BCUT2D eigenvalue weighted by Gasteiger charge is -2.11. The van der Waals surface area contributed by atoms with Crippen molar-refractivity contribution in [1.82, 2.24) is 0 Å². The molecule has 0 aliphatic carbocycles. The first-order valence-corrected chi connectivity index (χ1v) is 6.95. The number of anilines is 1. The lowest BCUT2D eigenvalue weighted by molar-refractivity contribution is 0.845. The summed E-state index contributed by atoms with van der Waals surface area (Å²) in [6, 6.07) is 15.4. The molecule has 0 fully saturated rings. The molecule has 2 aromatic carbocycles. The second-order valence-corrected chi connectivity index (χ2v) is 4.91. The molecule has 0 atom stereocenters. The first-order chi connectivity index (χ1) is 9.72. The van der Waals surface area contributed by atoms with Crippen molar-refractivity contribution < 1.29 is 0 Å². The largest absolute Gasteiger partial charge is 0.398 e. The van der Waals surface area contributed by atoms with E-state index in [4.69, 9.17) is 23.1 Å². The first-order valence-electron chi connectivity index (χ1n) is 6.57. The van der Waals surface area contributed by atoms with Crippen molar-refractivity contribution in [3.63, 3.8) is 0 Å². The number of rotatable bonds is 5. The molecule has 4 N–H and O–H groups in total. The predicted molar refractivity (Wildman–Crippen MR) is 86.5 cm³/mol. The van der Waals surface area contributed by atoms with Crippen molar-refractivity contribution in [3.8, 4) is 0 Å². The molecule has 3 nitrogen and oxygen atoms in total. The molecule has 2 aromatic rings. The fraction of sp³-hybridized carbons (Fsp3) is 0.188. The summed E-state index contributed by atoms with van der Waals surface area (Å²) < 4.78 is 0. The Labute approximate surface area is 124 Å². The molecule has 0 radical (unpaired) electrons. The molecule has 0 saturated heterocycles. The first kappa shape index (κ1) is 14.6. The molecule has 20 heavy (non-hydrogen) atoms. The molecular weight excluding hydrogens is 270 g/mol. The van der Waals surface area contributed by atoms with Gasteiger partial charge in [0, 0.05) is 28.4 Å². The van der Waals surface area contributed by atoms with Gasteiger partial charge in [-0.25, -0.2) is 0 Å². The molecule has 104 valence electrons. The zero-order chi connectivity index (χ0) is 14.4. The van der Waals surface area contributed by atoms with Crippen LogP contribution in [0, 0.1) is 0 Å². The minimum atomic E-state index is 0.622. The Morgan fingerprint density at radius 2 is 1.85 bits per heavy atom. The monoisotopic (exact) mass is 287 g/mol. The average molecular weight is 288 g/mol. The summed E-state index contributed by atoms with van der Waals surface area (Å²) in [5.41, 5.74) is 15.0. The van der Waals surface area contributed by atoms with Crippen LogP contribution >= 0.6 is 11.6 Å². The Morgan fingerprint density at radius 3 is 2.55 bits per heavy atom. The Balaban J connectivity index is 2.46. The minimum Gasteiger partial charge on any atom is -0.398 e. The van der Waals surface area contributed by atoms with E-state index >= 15 is 0 Å². The van der Waals surface area contributed by atoms with Crippen LogP contribution in [0.25, 0.3) is 0 Å². The van der Waals surface area contributed by atoms with Gasteiger partial charge in [-0.05, 0) is 31.2 Å². The molecule has 0 amide bonds. The topological polar surface area (TPSA) is 64.4 Å². The van der Waals surface area contributed by atoms with Crippen LogP contribution in [0.15, 0.2) is 53.5 Å². The minimum absolute atomic E-state index is 0.622. The third kappa shape index (κ3) is 3.59. The highest BCUT2D eigenvalue weighted by Gasteiger charge is 2.10. The van der Waals surface area contributed by atoms with Crippen molar-refractivity contribution in [3.05, 3.63) is 64.7 Å². The van der Waals surface area contributed by atoms with E-state index in [1.165, 1.54) is 0 Å². The third-order valence-corrected chi connectivity index (χ3v) is 3.18. The fourth-order valence-corrected chi connectivity index (χ4v) is 2.12. The van der Waals surface area contributed by atoms with Crippen LogP contribution in [0.1, 0.15) is 17.5 Å². The molecule has 0 spiro atoms. The third-order valence-electron chi connectivity index (χ3n) is 2.95. The summed E-state index contributed by atoms with van der Waals surface area (Å²) in [5, 5.41) is 0.650. The van der Waals surface area contributed by atoms with Gasteiger partial charge in [-0.2, -0.15) is 0 Å². The van der Waals surface area contributed by atoms with Crippen LogP contribution < -0.4 is 11.5 Å². The van der Waals surface area contributed by atoms with Crippen molar-refractivity contribution in [2.45, 2.75) is 6.42 Å². The highest BCUT2D eigenvalue weighted by atomic mass is 35.5. The number of aliphatic imine (C=N–C) groups is 1. The van der Waals surface area contributed by atoms with Gasteiger partial charge in [-0.1, -0.05) is 41.9 Å². The van der Waals surface area contributed by atoms with Crippen LogP contribution in [0.2, 0.25) is 5.02 Å². The number of hydrogen-bond acceptors (Lipinski definition) is 3. The number of nitrogen functional groups attached to an aromatic ring is 1. The van der Waals surface area contributed by atoms with Gasteiger partial charge < -0.3 is 11.5 Å². The normalized spacial score (nSPS) is 11.6. The fourth-order valence-electron chi connectivity index (χ4n) is 1.94. The van der Waals surface area contributed by atoms with Gasteiger partial charge >= 0.3 is 0 Å². The van der Waals surface area contributed by atoms with E-state index in [0.29, 0.717) is 23.8 Å². The van der Waals surface area contributed by atoms with Gasteiger partial charge in [0.1, 0.15) is 0 Å². The molecule has 0 bridgehead atoms. The zero-order valence-corrected chi connectivity index (χ0v) is 12.0. The lowest BCUT2D eigenvalue weighted by Crippen LogP contribution is -2.09. The summed E-state index contributed by atoms with van der Waals surface area (Å²) in [4.78, 5) is 4.65. The van der Waals surface area contributed by atoms with Gasteiger partial charge in [0.05, 0.1) is 5.71 Å². The standard InChI is InChI=1S/C16H18ClN3/c17-13-7-8-15(19)14(11-13)16(20-10-4-9-18)12-5-2-1-3-6-12/h1-3,5-8,11H,4,9-10,18-19H2. The maximum atomic E-state index is 6.08. The van der Waals surface area contributed by atoms with E-state index in [1.54, 1.807) is 12.1 Å². The van der Waals surface area contributed by atoms with E-state index in [9.17, 15) is 0 Å². The van der Waals surface area contributed by atoms with Gasteiger partial charge in [-0.3, -0.25) is 4.99 Å². The second-order valence-electron chi connectivity index (χ2n) is 4.47. The predicted octanol–water partition coefficient (Wildman–Crippen LogP) is 3.11. The van der Waals surface area contributed by atoms with E-state index in [2.05, 4.69) is 4.99 Å². The Kier molecular flexibility index (Phi) is 5.16. The van der Waals surface area contributed by atoms with Crippen molar-refractivity contribution in [2.75, 3.05) is 18.8 Å². The summed E-state index contributed by atoms with van der Waals surface area (Å²) in [5.74, 6) is 0. The number of hydrogen-bond donors (Lipinski definition) is 2. The van der Waals surface area contributed by atoms with Gasteiger partial charge in [0.2, 0.25) is 0 Å². The summed E-state index contributed by atoms with van der Waals surface area (Å²) >= 11 is 6.08. The van der Waals surface area contributed by atoms with Crippen LogP contribution in [0.4, 0.5) is 5.69 Å². The van der Waals surface area contributed by atoms with Crippen LogP contribution in [-0.2, 0) is 0 Å². The average Bonchev–Trinajstić information content (AvgIpc) is 2.48. The van der Waals surface area contributed by atoms with E-state index in [0.717, 1.165) is 23.3 Å². The highest BCUT2D eigenvalue weighted by Crippen LogP contribution is 2.22. The zero-order valence-electron chi connectivity index (χ0n) is 11.2. The number of benzene rings is 2. The lowest BCUT2D eigenvalue weighted by atomic mass is 10.0. The quantitative estimate of drug-likeness (QED) is 0.504. The SMILES string of the molecule is NCCCN=C(c1ccccc1)c1cc(Cl)ccc1N. The molecule has 4 heteroatoms. The molecular formula is C16H18ClN3. The molecule has 0 saturated carbocycles. The molecule has 0 aromatic heterocycles. The molecule has 0 unspecified atom stereocenters. The van der Waals surface area contributed by atoms with Crippen LogP contribution in [0.3, 0.4) is 0 Å². The summed E-state index contributed by atoms with van der Waals surface area (Å²) in [6.07, 6.45) is 0.844.